The van der Waals surface area contributed by atoms with Gasteiger partial charge in [-0.1, -0.05) is 12.1 Å². The zero-order valence-corrected chi connectivity index (χ0v) is 13.8. The van der Waals surface area contributed by atoms with Gasteiger partial charge in [0.15, 0.2) is 0 Å². The number of ether oxygens (including phenoxy) is 1. The molecule has 0 aromatic heterocycles. The largest absolute Gasteiger partial charge is 0.489 e. The van der Waals surface area contributed by atoms with Crippen LogP contribution in [0.5, 0.6) is 5.75 Å². The third-order valence-electron chi connectivity index (χ3n) is 3.82. The Kier molecular flexibility index (Phi) is 4.96. The van der Waals surface area contributed by atoms with Gasteiger partial charge in [-0.25, -0.2) is 4.79 Å². The van der Waals surface area contributed by atoms with Crippen molar-refractivity contribution in [3.63, 3.8) is 0 Å². The number of anilines is 1. The molecule has 0 spiro atoms. The molecule has 5 heteroatoms. The van der Waals surface area contributed by atoms with Gasteiger partial charge in [0.2, 0.25) is 0 Å². The van der Waals surface area contributed by atoms with Gasteiger partial charge in [-0.05, 0) is 52.7 Å². The van der Waals surface area contributed by atoms with Gasteiger partial charge in [-0.2, -0.15) is 0 Å². The van der Waals surface area contributed by atoms with Crippen LogP contribution in [0.4, 0.5) is 10.5 Å². The van der Waals surface area contributed by atoms with E-state index in [1.807, 2.05) is 38.1 Å². The molecule has 1 saturated heterocycles. The first-order valence-corrected chi connectivity index (χ1v) is 7.84. The number of nitrogens with one attached hydrogen (secondary N) is 1. The maximum Gasteiger partial charge on any atom is 0.322 e. The monoisotopic (exact) mass is 306 g/mol. The number of aliphatic hydroxyl groups is 1. The molecule has 1 aliphatic rings. The molecule has 122 valence electrons. The Hall–Kier alpha value is -1.75. The SMILES string of the molecule is CC(C)Oc1ccccc1NC(=O)N1CCCC1C(C)(C)O. The number of urea groups is 1. The van der Waals surface area contributed by atoms with Crippen molar-refractivity contribution in [1.82, 2.24) is 4.90 Å². The average Bonchev–Trinajstić information content (AvgIpc) is 2.89. The second kappa shape index (κ2) is 6.57. The van der Waals surface area contributed by atoms with E-state index in [4.69, 9.17) is 4.74 Å². The van der Waals surface area contributed by atoms with Gasteiger partial charge in [0.25, 0.3) is 0 Å². The summed E-state index contributed by atoms with van der Waals surface area (Å²) in [5, 5.41) is 13.1. The van der Waals surface area contributed by atoms with Gasteiger partial charge >= 0.3 is 6.03 Å². The van der Waals surface area contributed by atoms with Gasteiger partial charge in [0, 0.05) is 6.54 Å². The Morgan fingerprint density at radius 2 is 2.09 bits per heavy atom. The number of carbonyl (C=O) groups is 1. The lowest BCUT2D eigenvalue weighted by atomic mass is 9.97. The van der Waals surface area contributed by atoms with Crippen molar-refractivity contribution >= 4 is 11.7 Å². The van der Waals surface area contributed by atoms with Gasteiger partial charge in [-0.15, -0.1) is 0 Å². The van der Waals surface area contributed by atoms with Crippen LogP contribution in [0.3, 0.4) is 0 Å². The summed E-state index contributed by atoms with van der Waals surface area (Å²) in [6, 6.07) is 7.05. The van der Waals surface area contributed by atoms with E-state index >= 15 is 0 Å². The zero-order valence-electron chi connectivity index (χ0n) is 13.8. The lowest BCUT2D eigenvalue weighted by Gasteiger charge is -2.33. The van der Waals surface area contributed by atoms with Gasteiger partial charge in [0.05, 0.1) is 23.4 Å². The van der Waals surface area contributed by atoms with Crippen LogP contribution >= 0.6 is 0 Å². The summed E-state index contributed by atoms with van der Waals surface area (Å²) in [5.74, 6) is 0.657. The summed E-state index contributed by atoms with van der Waals surface area (Å²) in [5.41, 5.74) is -0.246. The van der Waals surface area contributed by atoms with Crippen LogP contribution in [0, 0.1) is 0 Å². The zero-order chi connectivity index (χ0) is 16.3. The Labute approximate surface area is 132 Å². The molecular formula is C17H26N2O3. The maximum atomic E-state index is 12.6. The first-order chi connectivity index (χ1) is 10.3. The standard InChI is InChI=1S/C17H26N2O3/c1-12(2)22-14-9-6-5-8-13(14)18-16(20)19-11-7-10-15(19)17(3,4)21/h5-6,8-9,12,15,21H,7,10-11H2,1-4H3,(H,18,20). The topological polar surface area (TPSA) is 61.8 Å². The Morgan fingerprint density at radius 3 is 2.73 bits per heavy atom. The lowest BCUT2D eigenvalue weighted by molar-refractivity contribution is 0.0117. The molecule has 2 rings (SSSR count). The van der Waals surface area contributed by atoms with Crippen molar-refractivity contribution in [2.75, 3.05) is 11.9 Å². The average molecular weight is 306 g/mol. The summed E-state index contributed by atoms with van der Waals surface area (Å²) >= 11 is 0. The minimum Gasteiger partial charge on any atom is -0.489 e. The molecule has 2 N–H and O–H groups in total. The number of carbonyl (C=O) groups excluding carboxylic acids is 1. The van der Waals surface area contributed by atoms with Crippen molar-refractivity contribution in [2.24, 2.45) is 0 Å². The summed E-state index contributed by atoms with van der Waals surface area (Å²) in [6.45, 7) is 8.05. The summed E-state index contributed by atoms with van der Waals surface area (Å²) in [4.78, 5) is 14.3. The minimum absolute atomic E-state index is 0.0361. The normalized spacial score (nSPS) is 18.6. The number of para-hydroxylation sites is 2. The van der Waals surface area contributed by atoms with E-state index in [9.17, 15) is 9.90 Å². The molecule has 1 aromatic carbocycles. The maximum absolute atomic E-state index is 12.6. The Balaban J connectivity index is 2.12. The summed E-state index contributed by atoms with van der Waals surface area (Å²) in [7, 11) is 0. The highest BCUT2D eigenvalue weighted by molar-refractivity contribution is 5.91. The van der Waals surface area contributed by atoms with Gasteiger partial charge in [0.1, 0.15) is 5.75 Å². The van der Waals surface area contributed by atoms with Crippen molar-refractivity contribution in [1.29, 1.82) is 0 Å². The van der Waals surface area contributed by atoms with E-state index in [1.54, 1.807) is 18.7 Å². The summed E-state index contributed by atoms with van der Waals surface area (Å²) in [6.07, 6.45) is 1.77. The minimum atomic E-state index is -0.901. The predicted molar refractivity (Wildman–Crippen MR) is 87.3 cm³/mol. The summed E-state index contributed by atoms with van der Waals surface area (Å²) < 4.78 is 5.72. The molecule has 0 radical (unpaired) electrons. The highest BCUT2D eigenvalue weighted by atomic mass is 16.5. The fraction of sp³-hybridized carbons (Fsp3) is 0.588. The van der Waals surface area contributed by atoms with Crippen molar-refractivity contribution in [2.45, 2.75) is 58.3 Å². The van der Waals surface area contributed by atoms with Crippen LogP contribution in [0.25, 0.3) is 0 Å². The smallest absolute Gasteiger partial charge is 0.322 e. The molecule has 5 nitrogen and oxygen atoms in total. The van der Waals surface area contributed by atoms with Crippen molar-refractivity contribution in [3.05, 3.63) is 24.3 Å². The van der Waals surface area contributed by atoms with E-state index in [0.29, 0.717) is 18.0 Å². The number of hydrogen-bond donors (Lipinski definition) is 2. The van der Waals surface area contributed by atoms with Crippen LogP contribution in [0.15, 0.2) is 24.3 Å². The van der Waals surface area contributed by atoms with E-state index in [1.165, 1.54) is 0 Å². The number of rotatable bonds is 4. The van der Waals surface area contributed by atoms with Crippen molar-refractivity contribution in [3.8, 4) is 5.75 Å². The third kappa shape index (κ3) is 3.91. The van der Waals surface area contributed by atoms with Crippen LogP contribution < -0.4 is 10.1 Å². The molecule has 2 amide bonds. The molecule has 1 heterocycles. The molecule has 0 saturated carbocycles. The van der Waals surface area contributed by atoms with E-state index < -0.39 is 5.60 Å². The van der Waals surface area contributed by atoms with E-state index in [2.05, 4.69) is 5.32 Å². The van der Waals surface area contributed by atoms with Crippen LogP contribution in [0.2, 0.25) is 0 Å². The molecule has 1 fully saturated rings. The van der Waals surface area contributed by atoms with Crippen LogP contribution in [-0.4, -0.2) is 40.3 Å². The van der Waals surface area contributed by atoms with Gasteiger partial charge in [-0.3, -0.25) is 0 Å². The molecular weight excluding hydrogens is 280 g/mol. The van der Waals surface area contributed by atoms with Crippen LogP contribution in [-0.2, 0) is 0 Å². The number of amides is 2. The predicted octanol–water partition coefficient (Wildman–Crippen LogP) is 3.24. The fourth-order valence-corrected chi connectivity index (χ4v) is 2.86. The highest BCUT2D eigenvalue weighted by Gasteiger charge is 2.38. The Morgan fingerprint density at radius 1 is 1.41 bits per heavy atom. The molecule has 22 heavy (non-hydrogen) atoms. The number of hydrogen-bond acceptors (Lipinski definition) is 3. The third-order valence-corrected chi connectivity index (χ3v) is 3.82. The first kappa shape index (κ1) is 16.6. The molecule has 1 aliphatic heterocycles. The van der Waals surface area contributed by atoms with Crippen molar-refractivity contribution < 1.29 is 14.6 Å². The van der Waals surface area contributed by atoms with Gasteiger partial charge < -0.3 is 20.1 Å². The molecule has 1 atom stereocenters. The number of benzene rings is 1. The first-order valence-electron chi connectivity index (χ1n) is 7.84. The second-order valence-electron chi connectivity index (χ2n) is 6.60. The molecule has 0 bridgehead atoms. The number of nitrogens with zero attached hydrogens (tertiary/aromatic N) is 1. The molecule has 1 unspecified atom stereocenters. The quantitative estimate of drug-likeness (QED) is 0.897. The van der Waals surface area contributed by atoms with E-state index in [-0.39, 0.29) is 18.2 Å². The fourth-order valence-electron chi connectivity index (χ4n) is 2.86. The lowest BCUT2D eigenvalue weighted by Crippen LogP contribution is -2.49. The highest BCUT2D eigenvalue weighted by Crippen LogP contribution is 2.29. The second-order valence-corrected chi connectivity index (χ2v) is 6.60. The van der Waals surface area contributed by atoms with Crippen LogP contribution in [0.1, 0.15) is 40.5 Å². The van der Waals surface area contributed by atoms with E-state index in [0.717, 1.165) is 12.8 Å². The molecule has 0 aliphatic carbocycles. The molecule has 1 aromatic rings. The Bertz CT molecular complexity index is 523. The number of likely N-dealkylation sites (tertiary alicyclic amines) is 1.